The van der Waals surface area contributed by atoms with Crippen LogP contribution in [0.1, 0.15) is 50.4 Å². The van der Waals surface area contributed by atoms with Crippen LogP contribution < -0.4 is 9.64 Å². The van der Waals surface area contributed by atoms with Crippen molar-refractivity contribution in [1.82, 2.24) is 4.98 Å². The van der Waals surface area contributed by atoms with Crippen LogP contribution in [0.2, 0.25) is 0 Å². The van der Waals surface area contributed by atoms with Crippen LogP contribution in [-0.2, 0) is 21.7 Å². The molecule has 0 N–H and O–H groups in total. The van der Waals surface area contributed by atoms with Crippen molar-refractivity contribution in [1.29, 1.82) is 0 Å². The number of thiazole rings is 1. The smallest absolute Gasteiger partial charge is 0.185 e. The van der Waals surface area contributed by atoms with Gasteiger partial charge in [-0.05, 0) is 42.0 Å². The molecule has 176 valence electrons. The number of hydrogen-bond donors (Lipinski definition) is 0. The molecule has 0 radical (unpaired) electrons. The predicted molar refractivity (Wildman–Crippen MR) is 135 cm³/mol. The summed E-state index contributed by atoms with van der Waals surface area (Å²) in [7, 11) is -1.65. The van der Waals surface area contributed by atoms with E-state index in [9.17, 15) is 8.42 Å². The molecule has 2 heterocycles. The minimum absolute atomic E-state index is 0.00579. The zero-order valence-corrected chi connectivity index (χ0v) is 21.4. The SMILES string of the molecule is COc1ccccc1Cc1csc(N2CCC(S(=O)(=O)c3ccc(C(C)(C)C)cc3)CC2)n1. The van der Waals surface area contributed by atoms with E-state index < -0.39 is 9.84 Å². The molecule has 0 amide bonds. The number of para-hydroxylation sites is 1. The summed E-state index contributed by atoms with van der Waals surface area (Å²) in [4.78, 5) is 7.47. The number of sulfone groups is 1. The number of hydrogen-bond acceptors (Lipinski definition) is 6. The standard InChI is InChI=1S/C26H32N2O3S2/c1-26(2,3)20-9-11-22(12-10-20)33(29,30)23-13-15-28(16-14-23)25-27-21(18-32-25)17-19-7-5-6-8-24(19)31-4/h5-12,18,23H,13-17H2,1-4H3. The van der Waals surface area contributed by atoms with Crippen LogP contribution >= 0.6 is 11.3 Å². The Bertz CT molecular complexity index is 1190. The van der Waals surface area contributed by atoms with Crippen molar-refractivity contribution >= 4 is 26.3 Å². The highest BCUT2D eigenvalue weighted by molar-refractivity contribution is 7.92. The summed E-state index contributed by atoms with van der Waals surface area (Å²) in [5.74, 6) is 0.869. The van der Waals surface area contributed by atoms with Crippen molar-refractivity contribution in [3.63, 3.8) is 0 Å². The van der Waals surface area contributed by atoms with Crippen molar-refractivity contribution in [3.8, 4) is 5.75 Å². The Morgan fingerprint density at radius 2 is 1.73 bits per heavy atom. The Morgan fingerprint density at radius 3 is 2.36 bits per heavy atom. The van der Waals surface area contributed by atoms with Crippen molar-refractivity contribution in [2.75, 3.05) is 25.1 Å². The number of nitrogens with zero attached hydrogens (tertiary/aromatic N) is 2. The number of anilines is 1. The van der Waals surface area contributed by atoms with Crippen molar-refractivity contribution in [3.05, 3.63) is 70.7 Å². The molecule has 1 aliphatic rings. The van der Waals surface area contributed by atoms with Crippen LogP contribution in [-0.4, -0.2) is 38.9 Å². The largest absolute Gasteiger partial charge is 0.496 e. The summed E-state index contributed by atoms with van der Waals surface area (Å²) < 4.78 is 31.9. The molecule has 3 aromatic rings. The van der Waals surface area contributed by atoms with Gasteiger partial charge in [-0.15, -0.1) is 11.3 Å². The lowest BCUT2D eigenvalue weighted by Crippen LogP contribution is -2.39. The fraction of sp³-hybridized carbons (Fsp3) is 0.423. The zero-order valence-electron chi connectivity index (χ0n) is 19.7. The number of aromatic nitrogens is 1. The van der Waals surface area contributed by atoms with Gasteiger partial charge in [-0.1, -0.05) is 51.1 Å². The molecule has 0 saturated carbocycles. The van der Waals surface area contributed by atoms with E-state index in [1.807, 2.05) is 30.3 Å². The first-order valence-corrected chi connectivity index (χ1v) is 13.8. The number of methoxy groups -OCH3 is 1. The van der Waals surface area contributed by atoms with Crippen LogP contribution in [0.3, 0.4) is 0 Å². The molecule has 7 heteroatoms. The molecular formula is C26H32N2O3S2. The second kappa shape index (κ2) is 9.47. The second-order valence-corrected chi connectivity index (χ2v) is 12.7. The summed E-state index contributed by atoms with van der Waals surface area (Å²) in [5.41, 5.74) is 3.27. The molecular weight excluding hydrogens is 452 g/mol. The molecule has 4 rings (SSSR count). The fourth-order valence-electron chi connectivity index (χ4n) is 4.26. The van der Waals surface area contributed by atoms with E-state index in [1.54, 1.807) is 30.6 Å². The molecule has 0 atom stereocenters. The summed E-state index contributed by atoms with van der Waals surface area (Å²) in [5, 5.41) is 2.70. The van der Waals surface area contributed by atoms with E-state index in [1.165, 1.54) is 0 Å². The van der Waals surface area contributed by atoms with E-state index in [2.05, 4.69) is 37.1 Å². The van der Waals surface area contributed by atoms with E-state index in [-0.39, 0.29) is 10.7 Å². The van der Waals surface area contributed by atoms with E-state index in [0.717, 1.165) is 34.1 Å². The average molecular weight is 485 g/mol. The van der Waals surface area contributed by atoms with Crippen LogP contribution in [0.15, 0.2) is 58.8 Å². The van der Waals surface area contributed by atoms with E-state index >= 15 is 0 Å². The molecule has 1 aromatic heterocycles. The van der Waals surface area contributed by atoms with Crippen LogP contribution in [0.25, 0.3) is 0 Å². The lowest BCUT2D eigenvalue weighted by atomic mass is 9.87. The molecule has 1 saturated heterocycles. The van der Waals surface area contributed by atoms with Crippen molar-refractivity contribution < 1.29 is 13.2 Å². The minimum Gasteiger partial charge on any atom is -0.496 e. The highest BCUT2D eigenvalue weighted by Crippen LogP contribution is 2.31. The average Bonchev–Trinajstić information content (AvgIpc) is 3.27. The molecule has 5 nitrogen and oxygen atoms in total. The van der Waals surface area contributed by atoms with E-state index in [0.29, 0.717) is 30.8 Å². The third kappa shape index (κ3) is 5.25. The lowest BCUT2D eigenvalue weighted by molar-refractivity contribution is 0.410. The molecule has 2 aromatic carbocycles. The quantitative estimate of drug-likeness (QED) is 0.463. The van der Waals surface area contributed by atoms with Gasteiger partial charge in [-0.2, -0.15) is 0 Å². The van der Waals surface area contributed by atoms with E-state index in [4.69, 9.17) is 9.72 Å². The van der Waals surface area contributed by atoms with Crippen molar-refractivity contribution in [2.45, 2.75) is 55.6 Å². The maximum Gasteiger partial charge on any atom is 0.185 e. The normalized spacial score (nSPS) is 15.6. The van der Waals surface area contributed by atoms with Gasteiger partial charge < -0.3 is 9.64 Å². The van der Waals surface area contributed by atoms with Gasteiger partial charge in [0.2, 0.25) is 0 Å². The maximum atomic E-state index is 13.2. The Balaban J connectivity index is 1.40. The summed E-state index contributed by atoms with van der Waals surface area (Å²) in [6.07, 6.45) is 1.95. The van der Waals surface area contributed by atoms with Gasteiger partial charge in [0.05, 0.1) is 22.9 Å². The highest BCUT2D eigenvalue weighted by Gasteiger charge is 2.32. The van der Waals surface area contributed by atoms with Gasteiger partial charge >= 0.3 is 0 Å². The highest BCUT2D eigenvalue weighted by atomic mass is 32.2. The summed E-state index contributed by atoms with van der Waals surface area (Å²) in [6, 6.07) is 15.4. The first-order chi connectivity index (χ1) is 15.7. The second-order valence-electron chi connectivity index (χ2n) is 9.62. The Hall–Kier alpha value is -2.38. The summed E-state index contributed by atoms with van der Waals surface area (Å²) in [6.45, 7) is 7.79. The van der Waals surface area contributed by atoms with Gasteiger partial charge in [0.15, 0.2) is 15.0 Å². The molecule has 0 unspecified atom stereocenters. The Morgan fingerprint density at radius 1 is 1.06 bits per heavy atom. The van der Waals surface area contributed by atoms with Gasteiger partial charge in [-0.25, -0.2) is 13.4 Å². The molecule has 0 aliphatic carbocycles. The number of rotatable bonds is 6. The number of piperidine rings is 1. The van der Waals surface area contributed by atoms with Crippen LogP contribution in [0, 0.1) is 0 Å². The third-order valence-electron chi connectivity index (χ3n) is 6.30. The first-order valence-electron chi connectivity index (χ1n) is 11.3. The molecule has 1 fully saturated rings. The monoisotopic (exact) mass is 484 g/mol. The first kappa shape index (κ1) is 23.8. The fourth-order valence-corrected chi connectivity index (χ4v) is 6.87. The topological polar surface area (TPSA) is 59.5 Å². The lowest BCUT2D eigenvalue weighted by Gasteiger charge is -2.31. The van der Waals surface area contributed by atoms with Gasteiger partial charge in [0.1, 0.15) is 5.75 Å². The van der Waals surface area contributed by atoms with Crippen LogP contribution in [0.5, 0.6) is 5.75 Å². The molecule has 33 heavy (non-hydrogen) atoms. The summed E-state index contributed by atoms with van der Waals surface area (Å²) >= 11 is 1.62. The molecule has 0 spiro atoms. The predicted octanol–water partition coefficient (Wildman–Crippen LogP) is 5.48. The third-order valence-corrected chi connectivity index (χ3v) is 9.53. The Labute approximate surface area is 201 Å². The Kier molecular flexibility index (Phi) is 6.82. The van der Waals surface area contributed by atoms with Gasteiger partial charge in [0, 0.05) is 30.5 Å². The van der Waals surface area contributed by atoms with Gasteiger partial charge in [-0.3, -0.25) is 0 Å². The molecule has 0 bridgehead atoms. The zero-order chi connectivity index (χ0) is 23.6. The number of benzene rings is 2. The maximum absolute atomic E-state index is 13.2. The molecule has 1 aliphatic heterocycles. The van der Waals surface area contributed by atoms with Crippen LogP contribution in [0.4, 0.5) is 5.13 Å². The van der Waals surface area contributed by atoms with Crippen molar-refractivity contribution in [2.24, 2.45) is 0 Å². The minimum atomic E-state index is -3.33. The van der Waals surface area contributed by atoms with Gasteiger partial charge in [0.25, 0.3) is 0 Å². The number of ether oxygens (including phenoxy) is 1.